The van der Waals surface area contributed by atoms with Crippen LogP contribution in [0.2, 0.25) is 0 Å². The number of methoxy groups -OCH3 is 1. The van der Waals surface area contributed by atoms with Crippen molar-refractivity contribution in [1.29, 1.82) is 21.2 Å². The lowest BCUT2D eigenvalue weighted by Gasteiger charge is -2.48. The smallest absolute Gasteiger partial charge is 0.214 e. The average molecular weight is 350 g/mol. The second-order valence-electron chi connectivity index (χ2n) is 6.63. The molecule has 132 valence electrons. The molecule has 1 N–H and O–H groups in total. The number of hydrogen-bond donors (Lipinski definition) is 1. The third-order valence-corrected chi connectivity index (χ3v) is 5.54. The molecular formula is C19H18N4O3. The summed E-state index contributed by atoms with van der Waals surface area (Å²) in [7, 11) is 1.54. The Morgan fingerprint density at radius 1 is 1.15 bits per heavy atom. The molecule has 4 atom stereocenters. The molecular weight excluding hydrogens is 332 g/mol. The van der Waals surface area contributed by atoms with Crippen LogP contribution in [0.15, 0.2) is 24.3 Å². The lowest BCUT2D eigenvalue weighted by atomic mass is 9.53. The van der Waals surface area contributed by atoms with E-state index in [1.807, 2.05) is 19.1 Å². The Morgan fingerprint density at radius 2 is 1.77 bits per heavy atom. The lowest BCUT2D eigenvalue weighted by Crippen LogP contribution is -2.58. The summed E-state index contributed by atoms with van der Waals surface area (Å²) in [6.07, 6.45) is -0.619. The number of hydrogen-bond acceptors (Lipinski definition) is 7. The molecule has 0 spiro atoms. The highest BCUT2D eigenvalue weighted by Crippen LogP contribution is 2.67. The van der Waals surface area contributed by atoms with E-state index >= 15 is 0 Å². The van der Waals surface area contributed by atoms with E-state index in [0.29, 0.717) is 17.7 Å². The van der Waals surface area contributed by atoms with Crippen LogP contribution >= 0.6 is 0 Å². The van der Waals surface area contributed by atoms with Gasteiger partial charge in [-0.2, -0.15) is 15.8 Å². The van der Waals surface area contributed by atoms with E-state index in [9.17, 15) is 15.8 Å². The first-order chi connectivity index (χ1) is 12.4. The van der Waals surface area contributed by atoms with Crippen LogP contribution < -0.4 is 4.74 Å². The van der Waals surface area contributed by atoms with E-state index in [1.165, 1.54) is 7.11 Å². The Kier molecular flexibility index (Phi) is 3.91. The van der Waals surface area contributed by atoms with Crippen LogP contribution in [0, 0.1) is 56.2 Å². The largest absolute Gasteiger partial charge is 0.497 e. The fourth-order valence-corrected chi connectivity index (χ4v) is 4.30. The molecule has 2 heterocycles. The molecule has 26 heavy (non-hydrogen) atoms. The summed E-state index contributed by atoms with van der Waals surface area (Å²) in [6.45, 7) is 3.48. The molecule has 0 radical (unpaired) electrons. The van der Waals surface area contributed by atoms with Gasteiger partial charge < -0.3 is 14.2 Å². The van der Waals surface area contributed by atoms with Gasteiger partial charge in [0.1, 0.15) is 11.9 Å². The maximum atomic E-state index is 10.1. The fraction of sp³-hybridized carbons (Fsp3) is 0.474. The number of fused-ring (bicyclic) bond motifs is 2. The normalized spacial score (nSPS) is 34.1. The number of nitrogens with zero attached hydrogens (tertiary/aromatic N) is 3. The first-order valence-electron chi connectivity index (χ1n) is 8.22. The summed E-state index contributed by atoms with van der Waals surface area (Å²) in [5, 5.41) is 38.4. The van der Waals surface area contributed by atoms with Gasteiger partial charge in [0, 0.05) is 6.92 Å². The predicted octanol–water partition coefficient (Wildman–Crippen LogP) is 3.06. The maximum absolute atomic E-state index is 10.1. The molecule has 2 aliphatic rings. The van der Waals surface area contributed by atoms with Gasteiger partial charge in [-0.25, -0.2) is 0 Å². The van der Waals surface area contributed by atoms with Gasteiger partial charge in [0.05, 0.1) is 31.2 Å². The number of ether oxygens (including phenoxy) is 3. The van der Waals surface area contributed by atoms with Crippen molar-refractivity contribution in [2.45, 2.75) is 32.2 Å². The molecule has 0 aliphatic carbocycles. The van der Waals surface area contributed by atoms with Crippen molar-refractivity contribution in [2.75, 3.05) is 7.11 Å². The number of nitrogens with one attached hydrogen (secondary N) is 1. The quantitative estimate of drug-likeness (QED) is 0.893. The summed E-state index contributed by atoms with van der Waals surface area (Å²) >= 11 is 0. The zero-order chi connectivity index (χ0) is 19.2. The van der Waals surface area contributed by atoms with Crippen molar-refractivity contribution < 1.29 is 14.2 Å². The molecule has 2 bridgehead atoms. The molecule has 7 nitrogen and oxygen atoms in total. The molecule has 1 aromatic rings. The molecule has 7 heteroatoms. The van der Waals surface area contributed by atoms with E-state index in [2.05, 4.69) is 6.07 Å². The molecule has 1 aromatic carbocycles. The van der Waals surface area contributed by atoms with Gasteiger partial charge in [-0.15, -0.1) is 0 Å². The van der Waals surface area contributed by atoms with Gasteiger partial charge in [0.25, 0.3) is 0 Å². The van der Waals surface area contributed by atoms with Crippen LogP contribution in [0.1, 0.15) is 31.9 Å². The minimum Gasteiger partial charge on any atom is -0.497 e. The standard InChI is InChI=1S/C19H18N4O3/c1-4-14-17(2)25-15(12-5-7-13(24-3)8-6-12)18(9-20,10-21)19(14,11-22)16(23)26-17/h5-8,14-15,23H,4H2,1-3H3. The first-order valence-corrected chi connectivity index (χ1v) is 8.22. The molecule has 4 unspecified atom stereocenters. The summed E-state index contributed by atoms with van der Waals surface area (Å²) in [5.74, 6) is -1.64. The highest BCUT2D eigenvalue weighted by Gasteiger charge is 2.78. The first kappa shape index (κ1) is 17.7. The fourth-order valence-electron chi connectivity index (χ4n) is 4.30. The lowest BCUT2D eigenvalue weighted by molar-refractivity contribution is -0.273. The number of nitriles is 3. The zero-order valence-electron chi connectivity index (χ0n) is 14.7. The van der Waals surface area contributed by atoms with Crippen LogP contribution in [0.3, 0.4) is 0 Å². The monoisotopic (exact) mass is 350 g/mol. The predicted molar refractivity (Wildman–Crippen MR) is 89.5 cm³/mol. The highest BCUT2D eigenvalue weighted by atomic mass is 16.7. The molecule has 2 saturated heterocycles. The summed E-state index contributed by atoms with van der Waals surface area (Å²) in [5.41, 5.74) is -3.07. The van der Waals surface area contributed by atoms with E-state index in [-0.39, 0.29) is 5.90 Å². The summed E-state index contributed by atoms with van der Waals surface area (Å²) in [4.78, 5) is 0. The van der Waals surface area contributed by atoms with Gasteiger partial charge in [-0.05, 0) is 24.1 Å². The number of rotatable bonds is 3. The second kappa shape index (κ2) is 5.73. The van der Waals surface area contributed by atoms with Crippen LogP contribution in [0.5, 0.6) is 5.75 Å². The minimum absolute atomic E-state index is 0.381. The molecule has 0 amide bonds. The van der Waals surface area contributed by atoms with E-state index in [1.54, 1.807) is 31.2 Å². The zero-order valence-corrected chi connectivity index (χ0v) is 14.7. The van der Waals surface area contributed by atoms with Gasteiger partial charge in [0.15, 0.2) is 5.41 Å². The Labute approximate surface area is 151 Å². The van der Waals surface area contributed by atoms with Crippen molar-refractivity contribution in [3.05, 3.63) is 29.8 Å². The Hall–Kier alpha value is -3.08. The molecule has 2 aliphatic heterocycles. The molecule has 0 aromatic heterocycles. The Morgan fingerprint density at radius 3 is 2.23 bits per heavy atom. The van der Waals surface area contributed by atoms with Crippen molar-refractivity contribution in [3.8, 4) is 24.0 Å². The van der Waals surface area contributed by atoms with Crippen molar-refractivity contribution in [1.82, 2.24) is 0 Å². The summed E-state index contributed by atoms with van der Waals surface area (Å²) < 4.78 is 16.9. The Balaban J connectivity index is 2.28. The van der Waals surface area contributed by atoms with Crippen LogP contribution in [0.4, 0.5) is 0 Å². The third-order valence-electron chi connectivity index (χ3n) is 5.54. The SMILES string of the molecule is CCC1C2(C)OC(=N)C1(C#N)C(C#N)(C#N)C(c1ccc(OC)cc1)O2. The van der Waals surface area contributed by atoms with Crippen LogP contribution in [0.25, 0.3) is 0 Å². The Bertz CT molecular complexity index is 862. The molecule has 2 fully saturated rings. The second-order valence-corrected chi connectivity index (χ2v) is 6.63. The molecule has 0 saturated carbocycles. The van der Waals surface area contributed by atoms with Gasteiger partial charge >= 0.3 is 0 Å². The van der Waals surface area contributed by atoms with Crippen molar-refractivity contribution in [2.24, 2.45) is 16.7 Å². The average Bonchev–Trinajstić information content (AvgIpc) is 2.84. The maximum Gasteiger partial charge on any atom is 0.214 e. The topological polar surface area (TPSA) is 123 Å². The molecule has 3 rings (SSSR count). The van der Waals surface area contributed by atoms with Gasteiger partial charge in [-0.1, -0.05) is 19.1 Å². The highest BCUT2D eigenvalue weighted by molar-refractivity contribution is 5.89. The van der Waals surface area contributed by atoms with Crippen LogP contribution in [-0.4, -0.2) is 18.8 Å². The van der Waals surface area contributed by atoms with Gasteiger partial charge in [0.2, 0.25) is 17.1 Å². The number of benzene rings is 1. The third kappa shape index (κ3) is 1.85. The van der Waals surface area contributed by atoms with E-state index in [4.69, 9.17) is 19.6 Å². The van der Waals surface area contributed by atoms with E-state index in [0.717, 1.165) is 0 Å². The van der Waals surface area contributed by atoms with Gasteiger partial charge in [-0.3, -0.25) is 5.41 Å². The van der Waals surface area contributed by atoms with Crippen LogP contribution in [-0.2, 0) is 9.47 Å². The van der Waals surface area contributed by atoms with Crippen molar-refractivity contribution in [3.63, 3.8) is 0 Å². The summed E-state index contributed by atoms with van der Waals surface area (Å²) in [6, 6.07) is 12.9. The van der Waals surface area contributed by atoms with E-state index < -0.39 is 28.6 Å². The minimum atomic E-state index is -1.91. The van der Waals surface area contributed by atoms with Crippen molar-refractivity contribution >= 4 is 5.90 Å².